The van der Waals surface area contributed by atoms with Crippen molar-refractivity contribution in [1.82, 2.24) is 0 Å². The highest BCUT2D eigenvalue weighted by molar-refractivity contribution is 6.55. The van der Waals surface area contributed by atoms with Gasteiger partial charge in [0.05, 0.1) is 7.11 Å². The molecule has 0 saturated carbocycles. The molecule has 2 aromatic carbocycles. The molecule has 0 amide bonds. The maximum atomic E-state index is 10.9. The van der Waals surface area contributed by atoms with Gasteiger partial charge in [0.15, 0.2) is 17.3 Å². The Hall–Kier alpha value is -2.37. The van der Waals surface area contributed by atoms with E-state index in [0.717, 1.165) is 0 Å². The van der Waals surface area contributed by atoms with Gasteiger partial charge in [-0.2, -0.15) is 0 Å². The van der Waals surface area contributed by atoms with Crippen molar-refractivity contribution in [2.75, 3.05) is 20.3 Å². The molecule has 0 atom stereocenters. The van der Waals surface area contributed by atoms with Crippen LogP contribution in [-0.4, -0.2) is 26.1 Å². The van der Waals surface area contributed by atoms with E-state index < -0.39 is 0 Å². The summed E-state index contributed by atoms with van der Waals surface area (Å²) in [7, 11) is 1.54. The summed E-state index contributed by atoms with van der Waals surface area (Å²) in [5.74, 6) is 2.79. The number of rotatable bonds is 9. The van der Waals surface area contributed by atoms with Crippen molar-refractivity contribution < 1.29 is 23.7 Å². The van der Waals surface area contributed by atoms with Gasteiger partial charge < -0.3 is 18.9 Å². The van der Waals surface area contributed by atoms with Crippen LogP contribution >= 0.6 is 23.2 Å². The largest absolute Gasteiger partial charge is 0.493 e. The van der Waals surface area contributed by atoms with E-state index >= 15 is 0 Å². The van der Waals surface area contributed by atoms with Crippen LogP contribution in [0.5, 0.6) is 28.7 Å². The van der Waals surface area contributed by atoms with Gasteiger partial charge in [-0.3, -0.25) is 4.79 Å². The first-order chi connectivity index (χ1) is 12.5. The van der Waals surface area contributed by atoms with Crippen LogP contribution in [0.1, 0.15) is 6.92 Å². The Balaban J connectivity index is 2.04. The molecule has 0 aliphatic carbocycles. The third-order valence-corrected chi connectivity index (χ3v) is 3.42. The van der Waals surface area contributed by atoms with Gasteiger partial charge in [0, 0.05) is 6.07 Å². The van der Waals surface area contributed by atoms with Crippen LogP contribution in [0.25, 0.3) is 0 Å². The van der Waals surface area contributed by atoms with Gasteiger partial charge in [0.1, 0.15) is 35.0 Å². The molecule has 0 bridgehead atoms. The lowest BCUT2D eigenvalue weighted by atomic mass is 10.3. The molecule has 5 nitrogen and oxygen atoms in total. The fourth-order valence-electron chi connectivity index (χ4n) is 1.94. The minimum atomic E-state index is -0.0406. The second kappa shape index (κ2) is 9.94. The second-order valence-electron chi connectivity index (χ2n) is 5.18. The molecule has 0 aromatic heterocycles. The maximum Gasteiger partial charge on any atom is 0.169 e. The first kappa shape index (κ1) is 19.9. The minimum absolute atomic E-state index is 0.0406. The Labute approximate surface area is 162 Å². The molecule has 0 fully saturated rings. The number of Topliss-reactive ketones (excluding diaryl/α,β-unsaturated/α-hetero) is 1. The van der Waals surface area contributed by atoms with Gasteiger partial charge in [-0.15, -0.1) is 0 Å². The summed E-state index contributed by atoms with van der Waals surface area (Å²) in [5, 5.41) is 0. The highest BCUT2D eigenvalue weighted by Gasteiger charge is 2.08. The SMILES string of the molecule is COc1cc(OCC=C(Cl)Cl)ccc1Oc1ccc(OCC(C)=O)cc1. The summed E-state index contributed by atoms with van der Waals surface area (Å²) >= 11 is 11.1. The van der Waals surface area contributed by atoms with Crippen LogP contribution in [0.4, 0.5) is 0 Å². The molecule has 26 heavy (non-hydrogen) atoms. The third-order valence-electron chi connectivity index (χ3n) is 3.12. The summed E-state index contributed by atoms with van der Waals surface area (Å²) in [4.78, 5) is 10.9. The van der Waals surface area contributed by atoms with E-state index in [-0.39, 0.29) is 23.5 Å². The summed E-state index contributed by atoms with van der Waals surface area (Å²) < 4.78 is 22.1. The molecule has 7 heteroatoms. The van der Waals surface area contributed by atoms with Crippen molar-refractivity contribution in [2.45, 2.75) is 6.92 Å². The lowest BCUT2D eigenvalue weighted by Gasteiger charge is -2.12. The van der Waals surface area contributed by atoms with Crippen LogP contribution in [-0.2, 0) is 4.79 Å². The molecule has 0 unspecified atom stereocenters. The smallest absolute Gasteiger partial charge is 0.169 e. The molecule has 0 aliphatic rings. The zero-order valence-electron chi connectivity index (χ0n) is 14.3. The average molecular weight is 397 g/mol. The summed E-state index contributed by atoms with van der Waals surface area (Å²) in [6.07, 6.45) is 1.54. The first-order valence-corrected chi connectivity index (χ1v) is 8.45. The standard InChI is InChI=1S/C19H18Cl2O5/c1-13(22)12-25-14-3-5-15(6-4-14)26-17-8-7-16(11-18(17)23-2)24-10-9-19(20)21/h3-9,11H,10,12H2,1-2H3. The van der Waals surface area contributed by atoms with Crippen LogP contribution in [0, 0.1) is 0 Å². The predicted octanol–water partition coefficient (Wildman–Crippen LogP) is 5.15. The number of carbonyl (C=O) groups excluding carboxylic acids is 1. The number of methoxy groups -OCH3 is 1. The molecule has 0 radical (unpaired) electrons. The van der Waals surface area contributed by atoms with Crippen molar-refractivity contribution in [3.05, 3.63) is 53.0 Å². The Kier molecular flexibility index (Phi) is 7.63. The lowest BCUT2D eigenvalue weighted by molar-refractivity contribution is -0.118. The van der Waals surface area contributed by atoms with Gasteiger partial charge in [0.25, 0.3) is 0 Å². The van der Waals surface area contributed by atoms with Gasteiger partial charge in [-0.25, -0.2) is 0 Å². The number of ketones is 1. The van der Waals surface area contributed by atoms with E-state index in [1.165, 1.54) is 13.0 Å². The number of hydrogen-bond acceptors (Lipinski definition) is 5. The quantitative estimate of drug-likeness (QED) is 0.586. The Bertz CT molecular complexity index is 768. The fourth-order valence-corrected chi connectivity index (χ4v) is 2.06. The van der Waals surface area contributed by atoms with Crippen molar-refractivity contribution in [2.24, 2.45) is 0 Å². The molecule has 138 valence electrons. The molecule has 0 spiro atoms. The second-order valence-corrected chi connectivity index (χ2v) is 6.19. The summed E-state index contributed by atoms with van der Waals surface area (Å²) in [5.41, 5.74) is 0. The van der Waals surface area contributed by atoms with Crippen molar-refractivity contribution in [1.29, 1.82) is 0 Å². The molecule has 0 aliphatic heterocycles. The molecule has 0 saturated heterocycles. The normalized spacial score (nSPS) is 10.0. The Morgan fingerprint density at radius 3 is 2.23 bits per heavy atom. The number of benzene rings is 2. The molecular formula is C19H18Cl2O5. The number of hydrogen-bond donors (Lipinski definition) is 0. The summed E-state index contributed by atoms with van der Waals surface area (Å²) in [6.45, 7) is 1.75. The predicted molar refractivity (Wildman–Crippen MR) is 101 cm³/mol. The van der Waals surface area contributed by atoms with E-state index in [0.29, 0.717) is 28.7 Å². The van der Waals surface area contributed by atoms with Crippen LogP contribution in [0.2, 0.25) is 0 Å². The minimum Gasteiger partial charge on any atom is -0.493 e. The highest BCUT2D eigenvalue weighted by atomic mass is 35.5. The zero-order chi connectivity index (χ0) is 18.9. The average Bonchev–Trinajstić information content (AvgIpc) is 2.62. The third kappa shape index (κ3) is 6.50. The number of ether oxygens (including phenoxy) is 4. The molecule has 2 aromatic rings. The van der Waals surface area contributed by atoms with Crippen molar-refractivity contribution in [3.63, 3.8) is 0 Å². The van der Waals surface area contributed by atoms with E-state index in [9.17, 15) is 4.79 Å². The maximum absolute atomic E-state index is 10.9. The van der Waals surface area contributed by atoms with Gasteiger partial charge in [0.2, 0.25) is 0 Å². The molecule has 2 rings (SSSR count). The monoisotopic (exact) mass is 396 g/mol. The van der Waals surface area contributed by atoms with E-state index in [4.69, 9.17) is 42.1 Å². The van der Waals surface area contributed by atoms with Gasteiger partial charge in [-0.1, -0.05) is 23.2 Å². The Morgan fingerprint density at radius 2 is 1.62 bits per heavy atom. The Morgan fingerprint density at radius 1 is 0.962 bits per heavy atom. The van der Waals surface area contributed by atoms with Gasteiger partial charge in [-0.05, 0) is 49.4 Å². The highest BCUT2D eigenvalue weighted by Crippen LogP contribution is 2.35. The van der Waals surface area contributed by atoms with E-state index in [1.54, 1.807) is 49.6 Å². The van der Waals surface area contributed by atoms with Crippen LogP contribution in [0.3, 0.4) is 0 Å². The van der Waals surface area contributed by atoms with Gasteiger partial charge >= 0.3 is 0 Å². The number of carbonyl (C=O) groups is 1. The van der Waals surface area contributed by atoms with E-state index in [1.807, 2.05) is 0 Å². The number of halogens is 2. The van der Waals surface area contributed by atoms with Crippen LogP contribution < -0.4 is 18.9 Å². The zero-order valence-corrected chi connectivity index (χ0v) is 15.8. The van der Waals surface area contributed by atoms with E-state index in [2.05, 4.69) is 0 Å². The van der Waals surface area contributed by atoms with Crippen molar-refractivity contribution in [3.8, 4) is 28.7 Å². The van der Waals surface area contributed by atoms with Crippen molar-refractivity contribution >= 4 is 29.0 Å². The topological polar surface area (TPSA) is 54.0 Å². The molecule has 0 heterocycles. The molecular weight excluding hydrogens is 379 g/mol. The lowest BCUT2D eigenvalue weighted by Crippen LogP contribution is -2.06. The summed E-state index contributed by atoms with van der Waals surface area (Å²) in [6, 6.07) is 12.1. The van der Waals surface area contributed by atoms with Crippen LogP contribution in [0.15, 0.2) is 53.0 Å². The fraction of sp³-hybridized carbons (Fsp3) is 0.211. The first-order valence-electron chi connectivity index (χ1n) is 7.70. The molecule has 0 N–H and O–H groups in total.